The molecule has 0 bridgehead atoms. The summed E-state index contributed by atoms with van der Waals surface area (Å²) in [7, 11) is 0. The van der Waals surface area contributed by atoms with E-state index in [2.05, 4.69) is 24.4 Å². The van der Waals surface area contributed by atoms with Gasteiger partial charge in [0, 0.05) is 9.75 Å². The van der Waals surface area contributed by atoms with Gasteiger partial charge in [-0.1, -0.05) is 20.3 Å². The van der Waals surface area contributed by atoms with Crippen molar-refractivity contribution in [2.75, 3.05) is 0 Å². The summed E-state index contributed by atoms with van der Waals surface area (Å²) in [5.74, 6) is 0.158. The number of rotatable bonds is 5. The van der Waals surface area contributed by atoms with Gasteiger partial charge in [0.2, 0.25) is 5.91 Å². The molecule has 0 fully saturated rings. The average Bonchev–Trinajstić information content (AvgIpc) is 2.73. The van der Waals surface area contributed by atoms with Crippen LogP contribution in [0.15, 0.2) is 12.1 Å². The fraction of sp³-hybridized carbons (Fsp3) is 0.615. The largest absolute Gasteiger partial charge is 0.347 e. The van der Waals surface area contributed by atoms with Crippen LogP contribution in [0.4, 0.5) is 0 Å². The normalized spacial score (nSPS) is 16.3. The Labute approximate surface area is 107 Å². The van der Waals surface area contributed by atoms with Crippen molar-refractivity contribution in [3.63, 3.8) is 0 Å². The van der Waals surface area contributed by atoms with Crippen LogP contribution in [0, 0.1) is 12.8 Å². The molecule has 3 atom stereocenters. The molecule has 4 heteroatoms. The summed E-state index contributed by atoms with van der Waals surface area (Å²) in [6.45, 7) is 8.11. The lowest BCUT2D eigenvalue weighted by atomic mass is 9.99. The second kappa shape index (κ2) is 6.17. The molecule has 0 saturated heterocycles. The summed E-state index contributed by atoms with van der Waals surface area (Å²) < 4.78 is 0. The predicted molar refractivity (Wildman–Crippen MR) is 73.0 cm³/mol. The summed E-state index contributed by atoms with van der Waals surface area (Å²) in [6, 6.07) is 3.75. The molecule has 0 saturated carbocycles. The van der Waals surface area contributed by atoms with Crippen molar-refractivity contribution in [3.8, 4) is 0 Å². The molecule has 0 aliphatic rings. The standard InChI is InChI=1S/C13H22N2OS/c1-5-8(2)12(14)13(16)15-10(4)11-7-6-9(3)17-11/h6-8,10,12H,5,14H2,1-4H3,(H,15,16). The molecule has 0 spiro atoms. The molecule has 1 amide bonds. The number of nitrogens with one attached hydrogen (secondary N) is 1. The SMILES string of the molecule is CCC(C)C(N)C(=O)NC(C)c1ccc(C)s1. The zero-order chi connectivity index (χ0) is 13.0. The van der Waals surface area contributed by atoms with Crippen LogP contribution >= 0.6 is 11.3 Å². The van der Waals surface area contributed by atoms with Crippen LogP contribution in [-0.2, 0) is 4.79 Å². The molecule has 1 heterocycles. The molecule has 0 aliphatic carbocycles. The first-order valence-electron chi connectivity index (χ1n) is 6.08. The average molecular weight is 254 g/mol. The number of thiophene rings is 1. The zero-order valence-electron chi connectivity index (χ0n) is 11.0. The van der Waals surface area contributed by atoms with Crippen molar-refractivity contribution in [2.45, 2.75) is 46.2 Å². The van der Waals surface area contributed by atoms with Crippen molar-refractivity contribution in [1.82, 2.24) is 5.32 Å². The van der Waals surface area contributed by atoms with E-state index in [0.717, 1.165) is 6.42 Å². The van der Waals surface area contributed by atoms with Gasteiger partial charge in [0.1, 0.15) is 0 Å². The Bertz CT molecular complexity index is 375. The van der Waals surface area contributed by atoms with Crippen LogP contribution in [0.25, 0.3) is 0 Å². The van der Waals surface area contributed by atoms with Crippen LogP contribution < -0.4 is 11.1 Å². The van der Waals surface area contributed by atoms with Crippen molar-refractivity contribution in [3.05, 3.63) is 21.9 Å². The number of carbonyl (C=O) groups is 1. The molecule has 0 aliphatic heterocycles. The lowest BCUT2D eigenvalue weighted by Gasteiger charge is -2.20. The Kier molecular flexibility index (Phi) is 5.15. The fourth-order valence-corrected chi connectivity index (χ4v) is 2.46. The molecule has 1 aromatic rings. The third-order valence-corrected chi connectivity index (χ3v) is 4.29. The Balaban J connectivity index is 2.57. The van der Waals surface area contributed by atoms with E-state index in [1.165, 1.54) is 9.75 Å². The van der Waals surface area contributed by atoms with Gasteiger partial charge in [-0.3, -0.25) is 4.79 Å². The first-order valence-corrected chi connectivity index (χ1v) is 6.89. The number of carbonyl (C=O) groups excluding carboxylic acids is 1. The summed E-state index contributed by atoms with van der Waals surface area (Å²) in [6.07, 6.45) is 0.918. The molecule has 96 valence electrons. The van der Waals surface area contributed by atoms with E-state index in [-0.39, 0.29) is 17.9 Å². The Morgan fingerprint density at radius 3 is 2.59 bits per heavy atom. The maximum atomic E-state index is 11.9. The lowest BCUT2D eigenvalue weighted by Crippen LogP contribution is -2.45. The molecule has 3 N–H and O–H groups in total. The summed E-state index contributed by atoms with van der Waals surface area (Å²) >= 11 is 1.71. The van der Waals surface area contributed by atoms with Gasteiger partial charge in [-0.2, -0.15) is 0 Å². The third kappa shape index (κ3) is 3.82. The van der Waals surface area contributed by atoms with E-state index in [0.29, 0.717) is 0 Å². The van der Waals surface area contributed by atoms with E-state index in [4.69, 9.17) is 5.73 Å². The van der Waals surface area contributed by atoms with Gasteiger partial charge in [-0.25, -0.2) is 0 Å². The number of hydrogen-bond donors (Lipinski definition) is 2. The molecular weight excluding hydrogens is 232 g/mol. The highest BCUT2D eigenvalue weighted by Crippen LogP contribution is 2.22. The monoisotopic (exact) mass is 254 g/mol. The molecule has 1 rings (SSSR count). The Hall–Kier alpha value is -0.870. The van der Waals surface area contributed by atoms with Gasteiger partial charge in [-0.05, 0) is 31.9 Å². The smallest absolute Gasteiger partial charge is 0.237 e. The van der Waals surface area contributed by atoms with Crippen LogP contribution in [-0.4, -0.2) is 11.9 Å². The van der Waals surface area contributed by atoms with Crippen LogP contribution in [0.3, 0.4) is 0 Å². The number of aryl methyl sites for hydroxylation is 1. The predicted octanol–water partition coefficient (Wildman–Crippen LogP) is 2.61. The molecule has 1 aromatic heterocycles. The van der Waals surface area contributed by atoms with E-state index in [9.17, 15) is 4.79 Å². The molecule has 3 nitrogen and oxygen atoms in total. The van der Waals surface area contributed by atoms with Gasteiger partial charge in [0.25, 0.3) is 0 Å². The summed E-state index contributed by atoms with van der Waals surface area (Å²) in [4.78, 5) is 14.3. The Morgan fingerprint density at radius 1 is 1.47 bits per heavy atom. The second-order valence-electron chi connectivity index (χ2n) is 4.59. The highest BCUT2D eigenvalue weighted by Gasteiger charge is 2.21. The number of nitrogens with two attached hydrogens (primary N) is 1. The van der Waals surface area contributed by atoms with Crippen molar-refractivity contribution in [2.24, 2.45) is 11.7 Å². The van der Waals surface area contributed by atoms with Gasteiger partial charge >= 0.3 is 0 Å². The van der Waals surface area contributed by atoms with Crippen LogP contribution in [0.1, 0.15) is 43.0 Å². The van der Waals surface area contributed by atoms with Crippen LogP contribution in [0.5, 0.6) is 0 Å². The van der Waals surface area contributed by atoms with Crippen LogP contribution in [0.2, 0.25) is 0 Å². The summed E-state index contributed by atoms with van der Waals surface area (Å²) in [5, 5.41) is 2.97. The first kappa shape index (κ1) is 14.2. The van der Waals surface area contributed by atoms with Crippen molar-refractivity contribution in [1.29, 1.82) is 0 Å². The van der Waals surface area contributed by atoms with Crippen molar-refractivity contribution < 1.29 is 4.79 Å². The highest BCUT2D eigenvalue weighted by molar-refractivity contribution is 7.12. The highest BCUT2D eigenvalue weighted by atomic mass is 32.1. The van der Waals surface area contributed by atoms with Gasteiger partial charge in [0.05, 0.1) is 12.1 Å². The minimum Gasteiger partial charge on any atom is -0.347 e. The quantitative estimate of drug-likeness (QED) is 0.848. The van der Waals surface area contributed by atoms with E-state index in [1.807, 2.05) is 20.8 Å². The molecule has 17 heavy (non-hydrogen) atoms. The Morgan fingerprint density at radius 2 is 2.12 bits per heavy atom. The zero-order valence-corrected chi connectivity index (χ0v) is 11.8. The second-order valence-corrected chi connectivity index (χ2v) is 5.91. The molecule has 0 aromatic carbocycles. The number of amides is 1. The van der Waals surface area contributed by atoms with Gasteiger partial charge in [0.15, 0.2) is 0 Å². The van der Waals surface area contributed by atoms with E-state index >= 15 is 0 Å². The first-order chi connectivity index (χ1) is 7.95. The topological polar surface area (TPSA) is 55.1 Å². The molecule has 3 unspecified atom stereocenters. The summed E-state index contributed by atoms with van der Waals surface area (Å²) in [5.41, 5.74) is 5.89. The minimum absolute atomic E-state index is 0.0382. The number of hydrogen-bond acceptors (Lipinski definition) is 3. The van der Waals surface area contributed by atoms with Gasteiger partial charge < -0.3 is 11.1 Å². The van der Waals surface area contributed by atoms with Gasteiger partial charge in [-0.15, -0.1) is 11.3 Å². The van der Waals surface area contributed by atoms with E-state index in [1.54, 1.807) is 11.3 Å². The third-order valence-electron chi connectivity index (χ3n) is 3.11. The minimum atomic E-state index is -0.413. The lowest BCUT2D eigenvalue weighted by molar-refractivity contribution is -0.124. The molecular formula is C13H22N2OS. The fourth-order valence-electron chi connectivity index (χ4n) is 1.58. The van der Waals surface area contributed by atoms with Crippen molar-refractivity contribution >= 4 is 17.2 Å². The molecule has 0 radical (unpaired) electrons. The van der Waals surface area contributed by atoms with E-state index < -0.39 is 6.04 Å². The maximum absolute atomic E-state index is 11.9. The maximum Gasteiger partial charge on any atom is 0.237 e.